The summed E-state index contributed by atoms with van der Waals surface area (Å²) in [5.41, 5.74) is 3.80. The third-order valence-electron chi connectivity index (χ3n) is 5.78. The van der Waals surface area contributed by atoms with E-state index in [-0.39, 0.29) is 22.6 Å². The zero-order chi connectivity index (χ0) is 25.8. The van der Waals surface area contributed by atoms with Gasteiger partial charge in [0, 0.05) is 47.6 Å². The first kappa shape index (κ1) is 25.2. The van der Waals surface area contributed by atoms with Crippen LogP contribution in [0.4, 0.5) is 17.1 Å². The average molecular weight is 520 g/mol. The summed E-state index contributed by atoms with van der Waals surface area (Å²) in [6.45, 7) is 0.512. The molecule has 8 heteroatoms. The highest BCUT2D eigenvalue weighted by molar-refractivity contribution is 6.30. The van der Waals surface area contributed by atoms with E-state index in [1.807, 2.05) is 48.2 Å². The van der Waals surface area contributed by atoms with Crippen LogP contribution >= 0.6 is 23.2 Å². The number of halogens is 2. The third-order valence-corrected chi connectivity index (χ3v) is 6.29. The average Bonchev–Trinajstić information content (AvgIpc) is 2.89. The monoisotopic (exact) mass is 519 g/mol. The van der Waals surface area contributed by atoms with Crippen molar-refractivity contribution in [1.29, 1.82) is 0 Å². The second-order valence-electron chi connectivity index (χ2n) is 8.32. The Morgan fingerprint density at radius 3 is 1.94 bits per heavy atom. The van der Waals surface area contributed by atoms with Crippen molar-refractivity contribution in [3.05, 3.63) is 117 Å². The van der Waals surface area contributed by atoms with Gasteiger partial charge in [0.2, 0.25) is 5.78 Å². The molecule has 0 bridgehead atoms. The van der Waals surface area contributed by atoms with Crippen LogP contribution in [0.1, 0.15) is 32.0 Å². The smallest absolute Gasteiger partial charge is 0.335 e. The molecule has 0 atom stereocenters. The van der Waals surface area contributed by atoms with E-state index in [4.69, 9.17) is 23.2 Å². The summed E-state index contributed by atoms with van der Waals surface area (Å²) in [5, 5.41) is 10.9. The number of pyridine rings is 1. The van der Waals surface area contributed by atoms with Crippen molar-refractivity contribution in [1.82, 2.24) is 4.98 Å². The van der Waals surface area contributed by atoms with Gasteiger partial charge in [-0.15, -0.1) is 0 Å². The number of anilines is 3. The molecular weight excluding hydrogens is 497 g/mol. The highest BCUT2D eigenvalue weighted by atomic mass is 35.5. The quantitative estimate of drug-likeness (QED) is 0.260. The first-order valence-electron chi connectivity index (χ1n) is 11.1. The van der Waals surface area contributed by atoms with Gasteiger partial charge in [-0.2, -0.15) is 0 Å². The van der Waals surface area contributed by atoms with Crippen LogP contribution in [0, 0.1) is 0 Å². The third kappa shape index (κ3) is 5.85. The number of carbonyl (C=O) groups excluding carboxylic acids is 1. The molecule has 0 radical (unpaired) electrons. The topological polar surface area (TPSA) is 73.7 Å². The van der Waals surface area contributed by atoms with Crippen LogP contribution < -0.4 is 9.80 Å². The molecule has 4 aromatic rings. The second kappa shape index (κ2) is 10.8. The highest BCUT2D eigenvalue weighted by Gasteiger charge is 2.17. The SMILES string of the molecule is CN(Cc1ccc(Cl)cc1)c1cc(C(=O)O)cc(C(=O)c2ccc(N(C)c3ccc(Cl)cc3)cn2)c1. The van der Waals surface area contributed by atoms with Gasteiger partial charge in [-0.1, -0.05) is 35.3 Å². The van der Waals surface area contributed by atoms with Crippen LogP contribution in [0.2, 0.25) is 10.0 Å². The molecule has 4 rings (SSSR count). The van der Waals surface area contributed by atoms with E-state index >= 15 is 0 Å². The van der Waals surface area contributed by atoms with Crippen molar-refractivity contribution >= 4 is 52.0 Å². The van der Waals surface area contributed by atoms with Crippen LogP contribution in [-0.2, 0) is 6.54 Å². The molecule has 0 amide bonds. The maximum atomic E-state index is 13.3. The molecule has 0 saturated heterocycles. The van der Waals surface area contributed by atoms with E-state index in [0.29, 0.717) is 22.3 Å². The minimum Gasteiger partial charge on any atom is -0.478 e. The molecule has 6 nitrogen and oxygen atoms in total. The normalized spacial score (nSPS) is 10.7. The second-order valence-corrected chi connectivity index (χ2v) is 9.20. The minimum absolute atomic E-state index is 0.0258. The molecule has 0 aliphatic carbocycles. The first-order chi connectivity index (χ1) is 17.2. The van der Waals surface area contributed by atoms with Crippen LogP contribution in [0.15, 0.2) is 85.1 Å². The Labute approximate surface area is 219 Å². The van der Waals surface area contributed by atoms with Gasteiger partial charge in [0.25, 0.3) is 0 Å². The lowest BCUT2D eigenvalue weighted by molar-refractivity contribution is 0.0697. The Kier molecular flexibility index (Phi) is 7.58. The molecule has 36 heavy (non-hydrogen) atoms. The van der Waals surface area contributed by atoms with E-state index in [2.05, 4.69) is 4.98 Å². The largest absolute Gasteiger partial charge is 0.478 e. The van der Waals surface area contributed by atoms with Gasteiger partial charge in [-0.05, 0) is 72.3 Å². The summed E-state index contributed by atoms with van der Waals surface area (Å²) >= 11 is 11.9. The molecule has 0 aliphatic heterocycles. The Hall–Kier alpha value is -3.87. The number of benzene rings is 3. The van der Waals surface area contributed by atoms with Crippen molar-refractivity contribution in [2.75, 3.05) is 23.9 Å². The summed E-state index contributed by atoms with van der Waals surface area (Å²) in [5.74, 6) is -1.47. The number of hydrogen-bond donors (Lipinski definition) is 1. The van der Waals surface area contributed by atoms with Gasteiger partial charge in [-0.25, -0.2) is 4.79 Å². The zero-order valence-electron chi connectivity index (χ0n) is 19.7. The fourth-order valence-corrected chi connectivity index (χ4v) is 3.97. The van der Waals surface area contributed by atoms with Gasteiger partial charge < -0.3 is 14.9 Å². The number of hydrogen-bond acceptors (Lipinski definition) is 5. The summed E-state index contributed by atoms with van der Waals surface area (Å²) in [7, 11) is 3.73. The molecule has 0 spiro atoms. The predicted molar refractivity (Wildman–Crippen MR) is 144 cm³/mol. The fourth-order valence-electron chi connectivity index (χ4n) is 3.72. The van der Waals surface area contributed by atoms with Crippen LogP contribution in [0.25, 0.3) is 0 Å². The summed E-state index contributed by atoms with van der Waals surface area (Å²) in [6.07, 6.45) is 1.61. The number of rotatable bonds is 8. The van der Waals surface area contributed by atoms with E-state index in [1.165, 1.54) is 6.07 Å². The molecule has 1 aromatic heterocycles. The number of carboxylic acid groups (broad SMARTS) is 1. The Bertz CT molecular complexity index is 1390. The highest BCUT2D eigenvalue weighted by Crippen LogP contribution is 2.26. The number of carbonyl (C=O) groups is 2. The summed E-state index contributed by atoms with van der Waals surface area (Å²) in [6, 6.07) is 22.8. The summed E-state index contributed by atoms with van der Waals surface area (Å²) < 4.78 is 0. The Morgan fingerprint density at radius 2 is 1.36 bits per heavy atom. The number of aromatic carboxylic acids is 1. The van der Waals surface area contributed by atoms with Crippen LogP contribution in [0.5, 0.6) is 0 Å². The van der Waals surface area contributed by atoms with Crippen LogP contribution in [0.3, 0.4) is 0 Å². The number of aromatic nitrogens is 1. The van der Waals surface area contributed by atoms with Gasteiger partial charge in [0.15, 0.2) is 0 Å². The van der Waals surface area contributed by atoms with E-state index in [1.54, 1.807) is 54.7 Å². The Balaban J connectivity index is 1.58. The molecule has 0 aliphatic rings. The molecule has 182 valence electrons. The molecule has 0 saturated carbocycles. The standard InChI is InChI=1S/C28H23Cl2N3O3/c1-32(17-18-3-5-21(29)6-4-18)25-14-19(13-20(15-25)28(35)36)27(34)26-12-11-24(16-31-26)33(2)23-9-7-22(30)8-10-23/h3-16H,17H2,1-2H3,(H,35,36). The maximum Gasteiger partial charge on any atom is 0.335 e. The number of ketones is 1. The molecule has 1 N–H and O–H groups in total. The molecule has 1 heterocycles. The number of nitrogens with zero attached hydrogens (tertiary/aromatic N) is 3. The van der Waals surface area contributed by atoms with Crippen LogP contribution in [-0.4, -0.2) is 35.9 Å². The molecule has 0 unspecified atom stereocenters. The van der Waals surface area contributed by atoms with Gasteiger partial charge in [-0.3, -0.25) is 9.78 Å². The molecular formula is C28H23Cl2N3O3. The Morgan fingerprint density at radius 1 is 0.778 bits per heavy atom. The van der Waals surface area contributed by atoms with Crippen molar-refractivity contribution in [2.45, 2.75) is 6.54 Å². The molecule has 0 fully saturated rings. The van der Waals surface area contributed by atoms with Crippen molar-refractivity contribution in [3.63, 3.8) is 0 Å². The molecule has 3 aromatic carbocycles. The first-order valence-corrected chi connectivity index (χ1v) is 11.8. The zero-order valence-corrected chi connectivity index (χ0v) is 21.2. The van der Waals surface area contributed by atoms with Crippen molar-refractivity contribution < 1.29 is 14.7 Å². The predicted octanol–water partition coefficient (Wildman–Crippen LogP) is 6.72. The van der Waals surface area contributed by atoms with E-state index in [9.17, 15) is 14.7 Å². The minimum atomic E-state index is -1.11. The van der Waals surface area contributed by atoms with E-state index in [0.717, 1.165) is 16.9 Å². The van der Waals surface area contributed by atoms with Gasteiger partial charge in [0.05, 0.1) is 17.4 Å². The fraction of sp³-hybridized carbons (Fsp3) is 0.107. The van der Waals surface area contributed by atoms with Crippen molar-refractivity contribution in [3.8, 4) is 0 Å². The lowest BCUT2D eigenvalue weighted by Gasteiger charge is -2.21. The lowest BCUT2D eigenvalue weighted by Crippen LogP contribution is -2.18. The summed E-state index contributed by atoms with van der Waals surface area (Å²) in [4.78, 5) is 33.2. The maximum absolute atomic E-state index is 13.3. The number of carboxylic acids is 1. The van der Waals surface area contributed by atoms with E-state index < -0.39 is 5.97 Å². The van der Waals surface area contributed by atoms with Gasteiger partial charge in [0.1, 0.15) is 5.69 Å². The van der Waals surface area contributed by atoms with Gasteiger partial charge >= 0.3 is 5.97 Å². The lowest BCUT2D eigenvalue weighted by atomic mass is 10.0. The van der Waals surface area contributed by atoms with Crippen molar-refractivity contribution in [2.24, 2.45) is 0 Å².